The Morgan fingerprint density at radius 2 is 1.81 bits per heavy atom. The molecule has 4 rings (SSSR count). The van der Waals surface area contributed by atoms with Gasteiger partial charge in [-0.15, -0.1) is 0 Å². The minimum absolute atomic E-state index is 0.0319. The summed E-state index contributed by atoms with van der Waals surface area (Å²) in [7, 11) is 3.01. The number of halogens is 1. The van der Waals surface area contributed by atoms with Crippen molar-refractivity contribution in [3.63, 3.8) is 0 Å². The van der Waals surface area contributed by atoms with Crippen molar-refractivity contribution in [1.29, 1.82) is 0 Å². The number of rotatable bonds is 6. The van der Waals surface area contributed by atoms with Gasteiger partial charge in [-0.2, -0.15) is 0 Å². The van der Waals surface area contributed by atoms with Gasteiger partial charge in [0.25, 0.3) is 0 Å². The molecule has 0 amide bonds. The number of ether oxygens (including phenoxy) is 2. The molecule has 6 heteroatoms. The number of hydrogen-bond donors (Lipinski definition) is 1. The second kappa shape index (κ2) is 9.33. The molecule has 0 unspecified atom stereocenters. The van der Waals surface area contributed by atoms with Crippen LogP contribution < -0.4 is 4.74 Å². The number of esters is 1. The second-order valence-corrected chi connectivity index (χ2v) is 8.39. The maximum absolute atomic E-state index is 12.3. The van der Waals surface area contributed by atoms with Gasteiger partial charge in [-0.05, 0) is 60.2 Å². The summed E-state index contributed by atoms with van der Waals surface area (Å²) in [5, 5.41) is 11.3. The highest BCUT2D eigenvalue weighted by atomic mass is 35.5. The maximum Gasteiger partial charge on any atom is 0.339 e. The van der Waals surface area contributed by atoms with Gasteiger partial charge in [-0.3, -0.25) is 0 Å². The number of aliphatic hydroxyl groups is 1. The molecule has 0 aliphatic heterocycles. The number of methoxy groups -OCH3 is 2. The molecule has 5 nitrogen and oxygen atoms in total. The quantitative estimate of drug-likeness (QED) is 0.491. The van der Waals surface area contributed by atoms with Gasteiger partial charge in [0.15, 0.2) is 0 Å². The van der Waals surface area contributed by atoms with Gasteiger partial charge >= 0.3 is 5.97 Å². The molecular weight excluding hydrogens is 414 g/mol. The van der Waals surface area contributed by atoms with Crippen LogP contribution in [0.25, 0.3) is 22.2 Å². The van der Waals surface area contributed by atoms with E-state index in [9.17, 15) is 9.90 Å². The van der Waals surface area contributed by atoms with Gasteiger partial charge in [0.2, 0.25) is 0 Å². The zero-order chi connectivity index (χ0) is 22.0. The predicted molar refractivity (Wildman–Crippen MR) is 123 cm³/mol. The van der Waals surface area contributed by atoms with Gasteiger partial charge in [0.05, 0.1) is 42.6 Å². The molecule has 1 aliphatic rings. The fourth-order valence-corrected chi connectivity index (χ4v) is 5.23. The molecule has 1 aliphatic carbocycles. The Balaban J connectivity index is 2.04. The van der Waals surface area contributed by atoms with E-state index in [4.69, 9.17) is 21.1 Å². The van der Waals surface area contributed by atoms with Crippen LogP contribution >= 0.6 is 11.6 Å². The van der Waals surface area contributed by atoms with Crippen molar-refractivity contribution in [2.45, 2.75) is 44.6 Å². The molecule has 2 aromatic carbocycles. The van der Waals surface area contributed by atoms with E-state index in [-0.39, 0.29) is 6.61 Å². The third-order valence-corrected chi connectivity index (χ3v) is 6.69. The first-order valence-electron chi connectivity index (χ1n) is 10.8. The van der Waals surface area contributed by atoms with E-state index < -0.39 is 5.97 Å². The summed E-state index contributed by atoms with van der Waals surface area (Å²) in [6.07, 6.45) is 5.91. The predicted octanol–water partition coefficient (Wildman–Crippen LogP) is 5.80. The van der Waals surface area contributed by atoms with E-state index in [0.29, 0.717) is 23.0 Å². The molecule has 0 bridgehead atoms. The zero-order valence-electron chi connectivity index (χ0n) is 18.0. The Morgan fingerprint density at radius 1 is 1.10 bits per heavy atom. The summed E-state index contributed by atoms with van der Waals surface area (Å²) in [4.78, 5) is 12.3. The third kappa shape index (κ3) is 3.92. The van der Waals surface area contributed by atoms with Crippen molar-refractivity contribution >= 4 is 28.5 Å². The van der Waals surface area contributed by atoms with E-state index >= 15 is 0 Å². The largest absolute Gasteiger partial charge is 0.497 e. The standard InChI is InChI=1S/C25H28ClNO4/c1-30-18-10-8-17(9-11-18)23-21(16-6-4-3-5-7-16)19-12-13-20(25(29)31-2)22(26)24(19)27(23)14-15-28/h8-13,16,28H,3-7,14-15H2,1-2H3. The van der Waals surface area contributed by atoms with Crippen molar-refractivity contribution < 1.29 is 19.4 Å². The third-order valence-electron chi connectivity index (χ3n) is 6.31. The molecule has 1 fully saturated rings. The van der Waals surface area contributed by atoms with E-state index in [1.807, 2.05) is 30.3 Å². The van der Waals surface area contributed by atoms with E-state index in [2.05, 4.69) is 4.57 Å². The number of carbonyl (C=O) groups excluding carboxylic acids is 1. The van der Waals surface area contributed by atoms with Crippen molar-refractivity contribution in [2.24, 2.45) is 0 Å². The molecule has 0 spiro atoms. The molecule has 164 valence electrons. The molecule has 0 atom stereocenters. The normalized spacial score (nSPS) is 14.7. The van der Waals surface area contributed by atoms with Crippen molar-refractivity contribution in [1.82, 2.24) is 4.57 Å². The SMILES string of the molecule is COC(=O)c1ccc2c(C3CCCCC3)c(-c3ccc(OC)cc3)n(CCO)c2c1Cl. The Kier molecular flexibility index (Phi) is 6.54. The zero-order valence-corrected chi connectivity index (χ0v) is 18.7. The van der Waals surface area contributed by atoms with Crippen LogP contribution in [0.1, 0.15) is 53.9 Å². The van der Waals surface area contributed by atoms with E-state index in [1.165, 1.54) is 31.9 Å². The van der Waals surface area contributed by atoms with E-state index in [1.54, 1.807) is 13.2 Å². The molecule has 1 heterocycles. The van der Waals surface area contributed by atoms with Crippen molar-refractivity contribution in [2.75, 3.05) is 20.8 Å². The average Bonchev–Trinajstić information content (AvgIpc) is 3.14. The Morgan fingerprint density at radius 3 is 2.42 bits per heavy atom. The van der Waals surface area contributed by atoms with Crippen LogP contribution in [0.3, 0.4) is 0 Å². The smallest absolute Gasteiger partial charge is 0.339 e. The fourth-order valence-electron chi connectivity index (χ4n) is 4.89. The highest BCUT2D eigenvalue weighted by molar-refractivity contribution is 6.38. The molecule has 1 saturated carbocycles. The van der Waals surface area contributed by atoms with Crippen LogP contribution in [0.15, 0.2) is 36.4 Å². The van der Waals surface area contributed by atoms with Crippen LogP contribution in [0, 0.1) is 0 Å². The molecule has 0 saturated heterocycles. The lowest BCUT2D eigenvalue weighted by atomic mass is 9.81. The summed E-state index contributed by atoms with van der Waals surface area (Å²) < 4.78 is 12.3. The van der Waals surface area contributed by atoms with Crippen LogP contribution in [0.5, 0.6) is 5.75 Å². The first-order valence-corrected chi connectivity index (χ1v) is 11.2. The summed E-state index contributed by atoms with van der Waals surface area (Å²) in [5.41, 5.74) is 4.48. The average molecular weight is 442 g/mol. The van der Waals surface area contributed by atoms with Crippen LogP contribution in [0.2, 0.25) is 5.02 Å². The first-order chi connectivity index (χ1) is 15.1. The molecule has 3 aromatic rings. The van der Waals surface area contributed by atoms with E-state index in [0.717, 1.165) is 40.8 Å². The highest BCUT2D eigenvalue weighted by Crippen LogP contribution is 2.46. The lowest BCUT2D eigenvalue weighted by Crippen LogP contribution is -2.09. The van der Waals surface area contributed by atoms with Gasteiger partial charge in [-0.1, -0.05) is 36.9 Å². The summed E-state index contributed by atoms with van der Waals surface area (Å²) in [6.45, 7) is 0.352. The number of benzene rings is 2. The highest BCUT2D eigenvalue weighted by Gasteiger charge is 2.29. The van der Waals surface area contributed by atoms with Gasteiger partial charge in [-0.25, -0.2) is 4.79 Å². The Labute approximate surface area is 187 Å². The number of nitrogens with zero attached hydrogens (tertiary/aromatic N) is 1. The van der Waals surface area contributed by atoms with Crippen molar-refractivity contribution in [3.05, 3.63) is 52.5 Å². The van der Waals surface area contributed by atoms with Gasteiger partial charge < -0.3 is 19.1 Å². The first kappa shape index (κ1) is 21.7. The van der Waals surface area contributed by atoms with Crippen molar-refractivity contribution in [3.8, 4) is 17.0 Å². The minimum Gasteiger partial charge on any atom is -0.497 e. The summed E-state index contributed by atoms with van der Waals surface area (Å²) in [5.74, 6) is 0.737. The lowest BCUT2D eigenvalue weighted by Gasteiger charge is -2.23. The number of fused-ring (bicyclic) bond motifs is 1. The molecular formula is C25H28ClNO4. The van der Waals surface area contributed by atoms with Gasteiger partial charge in [0.1, 0.15) is 5.75 Å². The number of carbonyl (C=O) groups is 1. The monoisotopic (exact) mass is 441 g/mol. The molecule has 1 aromatic heterocycles. The topological polar surface area (TPSA) is 60.7 Å². The molecule has 31 heavy (non-hydrogen) atoms. The molecule has 1 N–H and O–H groups in total. The number of aliphatic hydroxyl groups excluding tert-OH is 1. The van der Waals surface area contributed by atoms with Crippen LogP contribution in [-0.2, 0) is 11.3 Å². The Bertz CT molecular complexity index is 1080. The fraction of sp³-hybridized carbons (Fsp3) is 0.400. The second-order valence-electron chi connectivity index (χ2n) is 8.02. The molecule has 0 radical (unpaired) electrons. The van der Waals surface area contributed by atoms with Crippen LogP contribution in [0.4, 0.5) is 0 Å². The maximum atomic E-state index is 12.3. The minimum atomic E-state index is -0.464. The number of aromatic nitrogens is 1. The van der Waals surface area contributed by atoms with Crippen LogP contribution in [-0.4, -0.2) is 36.5 Å². The summed E-state index contributed by atoms with van der Waals surface area (Å²) in [6, 6.07) is 11.7. The lowest BCUT2D eigenvalue weighted by molar-refractivity contribution is 0.0601. The summed E-state index contributed by atoms with van der Waals surface area (Å²) >= 11 is 6.79. The number of hydrogen-bond acceptors (Lipinski definition) is 4. The Hall–Kier alpha value is -2.50. The van der Waals surface area contributed by atoms with Gasteiger partial charge in [0, 0.05) is 11.9 Å².